The van der Waals surface area contributed by atoms with E-state index in [1.165, 1.54) is 48.5 Å². The first-order valence-electron chi connectivity index (χ1n) is 10.4. The highest BCUT2D eigenvalue weighted by molar-refractivity contribution is 7.92. The molecule has 6 nitrogen and oxygen atoms in total. The predicted octanol–water partition coefficient (Wildman–Crippen LogP) is 7.72. The zero-order chi connectivity index (χ0) is 27.8. The lowest BCUT2D eigenvalue weighted by atomic mass is 9.98. The van der Waals surface area contributed by atoms with Crippen LogP contribution in [-0.4, -0.2) is 27.9 Å². The molecule has 0 unspecified atom stereocenters. The first-order valence-corrected chi connectivity index (χ1v) is 15.0. The number of rotatable bonds is 2. The summed E-state index contributed by atoms with van der Waals surface area (Å²) in [6, 6.07) is 12.7. The number of alkyl halides is 6. The largest absolute Gasteiger partial charge is 0.502 e. The third kappa shape index (κ3) is 3.85. The van der Waals surface area contributed by atoms with Gasteiger partial charge in [-0.15, -0.1) is 0 Å². The summed E-state index contributed by atoms with van der Waals surface area (Å²) in [6.45, 7) is 1.15. The summed E-state index contributed by atoms with van der Waals surface area (Å²) >= 11 is 0. The van der Waals surface area contributed by atoms with Crippen LogP contribution in [0.15, 0.2) is 78.8 Å². The Bertz CT molecular complexity index is 1900. The van der Waals surface area contributed by atoms with Crippen molar-refractivity contribution in [2.24, 2.45) is 6.66 Å². The van der Waals surface area contributed by atoms with Gasteiger partial charge in [0.05, 0.1) is 0 Å². The zero-order valence-corrected chi connectivity index (χ0v) is 21.3. The molecule has 1 heterocycles. The summed E-state index contributed by atoms with van der Waals surface area (Å²) < 4.78 is 144. The van der Waals surface area contributed by atoms with Crippen LogP contribution in [0.2, 0.25) is 0 Å². The van der Waals surface area contributed by atoms with Gasteiger partial charge in [-0.25, -0.2) is 16.8 Å². The molecular weight excluding hydrogens is 581 g/mol. The van der Waals surface area contributed by atoms with Crippen LogP contribution in [0.25, 0.3) is 43.5 Å². The highest BCUT2D eigenvalue weighted by atomic mass is 32.2. The molecule has 15 heteroatoms. The Morgan fingerprint density at radius 1 is 0.632 bits per heavy atom. The van der Waals surface area contributed by atoms with Crippen molar-refractivity contribution in [3.8, 4) is 0 Å². The first-order chi connectivity index (χ1) is 17.6. The fraction of sp³-hybridized carbons (Fsp3) is 0.130. The van der Waals surface area contributed by atoms with Crippen molar-refractivity contribution in [1.82, 2.24) is 0 Å². The van der Waals surface area contributed by atoms with Gasteiger partial charge in [0.1, 0.15) is 9.79 Å². The molecule has 38 heavy (non-hydrogen) atoms. The highest BCUT2D eigenvalue weighted by Crippen LogP contribution is 2.47. The number of fused-ring (bicyclic) bond motifs is 7. The minimum absolute atomic E-state index is 0.0147. The van der Waals surface area contributed by atoms with Crippen molar-refractivity contribution in [2.45, 2.75) is 20.8 Å². The van der Waals surface area contributed by atoms with Crippen LogP contribution in [0.1, 0.15) is 0 Å². The van der Waals surface area contributed by atoms with Gasteiger partial charge in [0.25, 0.3) is 19.7 Å². The molecule has 0 aliphatic rings. The number of halogens is 6. The summed E-state index contributed by atoms with van der Waals surface area (Å²) in [7, 11) is -14.5. The van der Waals surface area contributed by atoms with E-state index in [2.05, 4.69) is 0 Å². The van der Waals surface area contributed by atoms with Gasteiger partial charge >= 0.3 is 11.0 Å². The fourth-order valence-electron chi connectivity index (χ4n) is 4.21. The molecule has 0 saturated carbocycles. The Kier molecular flexibility index (Phi) is 5.83. The molecule has 5 aromatic rings. The van der Waals surface area contributed by atoms with Gasteiger partial charge in [0.2, 0.25) is 8.01 Å². The van der Waals surface area contributed by atoms with E-state index < -0.39 is 59.7 Å². The molecule has 0 atom stereocenters. The number of hydrogen-bond donors (Lipinski definition) is 0. The van der Waals surface area contributed by atoms with E-state index in [0.29, 0.717) is 0 Å². The lowest BCUT2D eigenvalue weighted by Crippen LogP contribution is -2.23. The molecule has 0 aliphatic heterocycles. The van der Waals surface area contributed by atoms with Crippen LogP contribution in [0.4, 0.5) is 26.3 Å². The van der Waals surface area contributed by atoms with Gasteiger partial charge in [-0.3, -0.25) is 0 Å². The average Bonchev–Trinajstić information content (AvgIpc) is 2.97. The van der Waals surface area contributed by atoms with Gasteiger partial charge in [-0.2, -0.15) is 26.3 Å². The third-order valence-electron chi connectivity index (χ3n) is 5.81. The topological polar surface area (TPSA) is 94.6 Å². The van der Waals surface area contributed by atoms with Crippen LogP contribution >= 0.6 is 8.01 Å². The maximum atomic E-state index is 13.7. The van der Waals surface area contributed by atoms with Crippen LogP contribution in [0.5, 0.6) is 0 Å². The van der Waals surface area contributed by atoms with E-state index in [4.69, 9.17) is 8.39 Å². The van der Waals surface area contributed by atoms with E-state index in [0.717, 1.165) is 18.8 Å². The summed E-state index contributed by atoms with van der Waals surface area (Å²) in [5, 5.41) is -0.513. The van der Waals surface area contributed by atoms with E-state index in [-0.39, 0.29) is 32.3 Å². The second-order valence-electron chi connectivity index (χ2n) is 8.12. The van der Waals surface area contributed by atoms with E-state index in [1.807, 2.05) is 0 Å². The predicted molar refractivity (Wildman–Crippen MR) is 129 cm³/mol. The minimum Gasteiger partial charge on any atom is -0.418 e. The van der Waals surface area contributed by atoms with Crippen molar-refractivity contribution in [2.75, 3.05) is 0 Å². The lowest BCUT2D eigenvalue weighted by molar-refractivity contribution is -0.0441. The molecule has 0 bridgehead atoms. The van der Waals surface area contributed by atoms with Gasteiger partial charge in [-0.05, 0) is 33.7 Å². The summed E-state index contributed by atoms with van der Waals surface area (Å²) in [5.41, 5.74) is -13.1. The van der Waals surface area contributed by atoms with Crippen LogP contribution in [0.3, 0.4) is 0 Å². The Labute approximate surface area is 210 Å². The normalized spacial score (nSPS) is 13.6. The third-order valence-corrected chi connectivity index (χ3v) is 9.68. The van der Waals surface area contributed by atoms with Crippen LogP contribution in [-0.2, 0) is 26.3 Å². The molecule has 0 radical (unpaired) electrons. The Morgan fingerprint density at radius 3 is 1.32 bits per heavy atom. The van der Waals surface area contributed by atoms with E-state index in [9.17, 15) is 43.2 Å². The van der Waals surface area contributed by atoms with E-state index in [1.54, 1.807) is 0 Å². The maximum absolute atomic E-state index is 13.7. The number of hydrogen-bond acceptors (Lipinski definition) is 6. The van der Waals surface area contributed by atoms with Gasteiger partial charge in [-0.1, -0.05) is 48.5 Å². The zero-order valence-electron chi connectivity index (χ0n) is 18.8. The fourth-order valence-corrected chi connectivity index (χ4v) is 7.10. The van der Waals surface area contributed by atoms with E-state index >= 15 is 0 Å². The number of benzene rings is 4. The molecule has 0 amide bonds. The molecule has 0 aliphatic carbocycles. The monoisotopic (exact) mass is 594 g/mol. The van der Waals surface area contributed by atoms with Crippen LogP contribution < -0.4 is 0 Å². The minimum atomic E-state index is -6.03. The molecule has 4 aromatic carbocycles. The van der Waals surface area contributed by atoms with Crippen molar-refractivity contribution < 1.29 is 51.6 Å². The molecular formula is C23H13F6O6PS2. The second-order valence-corrected chi connectivity index (χ2v) is 13.2. The summed E-state index contributed by atoms with van der Waals surface area (Å²) in [6.07, 6.45) is 0. The first kappa shape index (κ1) is 26.4. The molecule has 0 saturated heterocycles. The number of aryl methyl sites for hydroxylation is 1. The quantitative estimate of drug-likeness (QED) is 0.194. The molecule has 200 valence electrons. The smallest absolute Gasteiger partial charge is 0.418 e. The summed E-state index contributed by atoms with van der Waals surface area (Å²) in [4.78, 5) is -2.56. The lowest BCUT2D eigenvalue weighted by Gasteiger charge is -2.13. The molecule has 0 N–H and O–H groups in total. The Hall–Kier alpha value is -3.22. The van der Waals surface area contributed by atoms with Crippen molar-refractivity contribution in [3.05, 3.63) is 60.7 Å². The molecule has 5 rings (SSSR count). The van der Waals surface area contributed by atoms with Crippen LogP contribution in [0, 0.1) is 0 Å². The average molecular weight is 594 g/mol. The SMILES string of the molecule is Cp1oc2c(S(=O)(=O)C(F)(F)F)cc3ccccc3c2c2c(o1)c(S(=O)(=O)C(F)(F)F)cc1ccccc12. The number of sulfone groups is 2. The van der Waals surface area contributed by atoms with Gasteiger partial charge in [0, 0.05) is 17.4 Å². The Balaban J connectivity index is 2.24. The van der Waals surface area contributed by atoms with Crippen molar-refractivity contribution in [3.63, 3.8) is 0 Å². The second kappa shape index (κ2) is 8.39. The van der Waals surface area contributed by atoms with Crippen molar-refractivity contribution in [1.29, 1.82) is 0 Å². The highest BCUT2D eigenvalue weighted by Gasteiger charge is 2.50. The van der Waals surface area contributed by atoms with Gasteiger partial charge in [0.15, 0.2) is 11.2 Å². The Morgan fingerprint density at radius 2 is 0.974 bits per heavy atom. The molecule has 0 spiro atoms. The summed E-state index contributed by atoms with van der Waals surface area (Å²) in [5.74, 6) is 0. The van der Waals surface area contributed by atoms with Crippen molar-refractivity contribution >= 4 is 71.2 Å². The molecule has 0 fully saturated rings. The maximum Gasteiger partial charge on any atom is 0.502 e. The van der Waals surface area contributed by atoms with Gasteiger partial charge < -0.3 is 8.39 Å². The molecule has 1 aromatic heterocycles. The standard InChI is InChI=1S/C23H13F6O6PS2/c1-36-34-20-16(37(30,31)22(24,25)26)10-12-6-2-4-8-14(12)18(20)19-15-9-5-3-7-13(15)11-17(21(19)35-36)38(32,33)23(27,28)29/h2-11H,1H3.